The van der Waals surface area contributed by atoms with Crippen molar-refractivity contribution in [3.05, 3.63) is 27.7 Å². The fourth-order valence-corrected chi connectivity index (χ4v) is 2.92. The van der Waals surface area contributed by atoms with Gasteiger partial charge in [0.25, 0.3) is 5.91 Å². The topological polar surface area (TPSA) is 75.4 Å². The molecule has 20 heavy (non-hydrogen) atoms. The Morgan fingerprint density at radius 1 is 1.30 bits per heavy atom. The third-order valence-corrected chi connectivity index (χ3v) is 4.46. The second kappa shape index (κ2) is 6.20. The van der Waals surface area contributed by atoms with E-state index in [0.29, 0.717) is 18.5 Å². The first-order valence-electron chi connectivity index (χ1n) is 6.66. The number of nitrogen functional groups attached to an aromatic ring is 1. The summed E-state index contributed by atoms with van der Waals surface area (Å²) in [6.07, 6.45) is 4.51. The van der Waals surface area contributed by atoms with E-state index in [1.54, 1.807) is 0 Å². The van der Waals surface area contributed by atoms with Gasteiger partial charge in [-0.3, -0.25) is 4.79 Å². The highest BCUT2D eigenvalue weighted by atomic mass is 35.5. The van der Waals surface area contributed by atoms with Crippen LogP contribution in [-0.4, -0.2) is 23.2 Å². The highest BCUT2D eigenvalue weighted by Gasteiger charge is 2.29. The molecule has 6 heteroatoms. The minimum atomic E-state index is -0.815. The van der Waals surface area contributed by atoms with E-state index in [-0.39, 0.29) is 28.1 Å². The molecule has 0 unspecified atom stereocenters. The summed E-state index contributed by atoms with van der Waals surface area (Å²) < 4.78 is 0. The van der Waals surface area contributed by atoms with Gasteiger partial charge in [-0.2, -0.15) is 0 Å². The number of aliphatic hydroxyl groups is 1. The summed E-state index contributed by atoms with van der Waals surface area (Å²) in [6, 6.07) is 2.98. The number of anilines is 1. The number of benzene rings is 1. The van der Waals surface area contributed by atoms with E-state index < -0.39 is 5.60 Å². The molecule has 0 saturated heterocycles. The molecular weight excluding hydrogens is 299 g/mol. The van der Waals surface area contributed by atoms with Gasteiger partial charge in [-0.05, 0) is 25.0 Å². The van der Waals surface area contributed by atoms with Crippen molar-refractivity contribution in [2.45, 2.75) is 37.7 Å². The summed E-state index contributed by atoms with van der Waals surface area (Å²) in [5.74, 6) is -0.372. The number of nitrogens with two attached hydrogens (primary N) is 1. The maximum absolute atomic E-state index is 12.1. The smallest absolute Gasteiger partial charge is 0.253 e. The number of amides is 1. The van der Waals surface area contributed by atoms with E-state index in [1.165, 1.54) is 12.1 Å². The van der Waals surface area contributed by atoms with Crippen LogP contribution in [0.1, 0.15) is 42.5 Å². The van der Waals surface area contributed by atoms with Gasteiger partial charge in [-0.15, -0.1) is 0 Å². The number of carbonyl (C=O) groups is 1. The van der Waals surface area contributed by atoms with Gasteiger partial charge >= 0.3 is 0 Å². The Labute approximate surface area is 128 Å². The lowest BCUT2D eigenvalue weighted by atomic mass is 9.85. The monoisotopic (exact) mass is 316 g/mol. The van der Waals surface area contributed by atoms with E-state index in [1.807, 2.05) is 0 Å². The molecule has 0 aliphatic heterocycles. The van der Waals surface area contributed by atoms with Crippen molar-refractivity contribution in [3.63, 3.8) is 0 Å². The Hall–Kier alpha value is -0.970. The minimum Gasteiger partial charge on any atom is -0.399 e. The molecule has 0 heterocycles. The van der Waals surface area contributed by atoms with Crippen LogP contribution in [0.5, 0.6) is 0 Å². The van der Waals surface area contributed by atoms with Crippen molar-refractivity contribution in [2.24, 2.45) is 0 Å². The lowest BCUT2D eigenvalue weighted by Gasteiger charge is -2.32. The maximum atomic E-state index is 12.1. The van der Waals surface area contributed by atoms with Crippen molar-refractivity contribution in [2.75, 3.05) is 12.3 Å². The van der Waals surface area contributed by atoms with Gasteiger partial charge < -0.3 is 16.2 Å². The Morgan fingerprint density at radius 2 is 1.95 bits per heavy atom. The van der Waals surface area contributed by atoms with Crippen molar-refractivity contribution in [3.8, 4) is 0 Å². The standard InChI is InChI=1S/C14H18Cl2N2O2/c15-11-7-9(17)6-10(12(11)16)13(19)18-8-14(20)4-2-1-3-5-14/h6-7,20H,1-5,8,17H2,(H,18,19). The molecule has 1 fully saturated rings. The van der Waals surface area contributed by atoms with Crippen LogP contribution in [0.15, 0.2) is 12.1 Å². The predicted octanol–water partition coefficient (Wildman–Crippen LogP) is 3.00. The van der Waals surface area contributed by atoms with Crippen LogP contribution in [0.25, 0.3) is 0 Å². The molecule has 0 spiro atoms. The van der Waals surface area contributed by atoms with Crippen LogP contribution < -0.4 is 11.1 Å². The first-order valence-corrected chi connectivity index (χ1v) is 7.42. The van der Waals surface area contributed by atoms with Crippen LogP contribution >= 0.6 is 23.2 Å². The summed E-state index contributed by atoms with van der Waals surface area (Å²) in [5, 5.41) is 13.5. The molecule has 1 aromatic carbocycles. The number of nitrogens with one attached hydrogen (secondary N) is 1. The second-order valence-corrected chi connectivity index (χ2v) is 6.12. The highest BCUT2D eigenvalue weighted by molar-refractivity contribution is 6.44. The van der Waals surface area contributed by atoms with E-state index in [0.717, 1.165) is 19.3 Å². The molecule has 1 aromatic rings. The number of hydrogen-bond acceptors (Lipinski definition) is 3. The van der Waals surface area contributed by atoms with Crippen molar-refractivity contribution in [1.29, 1.82) is 0 Å². The fourth-order valence-electron chi connectivity index (χ4n) is 2.50. The minimum absolute atomic E-state index is 0.175. The average molecular weight is 317 g/mol. The van der Waals surface area contributed by atoms with Crippen molar-refractivity contribution >= 4 is 34.8 Å². The van der Waals surface area contributed by atoms with Gasteiger partial charge in [-0.1, -0.05) is 42.5 Å². The molecule has 0 radical (unpaired) electrons. The molecule has 2 rings (SSSR count). The van der Waals surface area contributed by atoms with E-state index in [2.05, 4.69) is 5.32 Å². The SMILES string of the molecule is Nc1cc(Cl)c(Cl)c(C(=O)NCC2(O)CCCCC2)c1. The van der Waals surface area contributed by atoms with Crippen LogP contribution in [0.2, 0.25) is 10.0 Å². The fraction of sp³-hybridized carbons (Fsp3) is 0.500. The normalized spacial score (nSPS) is 17.8. The average Bonchev–Trinajstić information content (AvgIpc) is 2.41. The molecule has 0 atom stereocenters. The number of halogens is 2. The van der Waals surface area contributed by atoms with Crippen LogP contribution in [0.3, 0.4) is 0 Å². The first-order chi connectivity index (χ1) is 9.41. The van der Waals surface area contributed by atoms with Crippen molar-refractivity contribution in [1.82, 2.24) is 5.32 Å². The van der Waals surface area contributed by atoms with Gasteiger partial charge in [0, 0.05) is 12.2 Å². The van der Waals surface area contributed by atoms with Gasteiger partial charge in [0.05, 0.1) is 21.2 Å². The summed E-state index contributed by atoms with van der Waals surface area (Å²) in [5.41, 5.74) is 5.45. The zero-order valence-corrected chi connectivity index (χ0v) is 12.6. The molecule has 1 amide bonds. The van der Waals surface area contributed by atoms with Gasteiger partial charge in [0.15, 0.2) is 0 Å². The van der Waals surface area contributed by atoms with E-state index in [9.17, 15) is 9.90 Å². The highest BCUT2D eigenvalue weighted by Crippen LogP contribution is 2.30. The zero-order valence-electron chi connectivity index (χ0n) is 11.1. The number of carbonyl (C=O) groups excluding carboxylic acids is 1. The molecule has 0 aromatic heterocycles. The van der Waals surface area contributed by atoms with Gasteiger partial charge in [0.1, 0.15) is 0 Å². The lowest BCUT2D eigenvalue weighted by molar-refractivity contribution is 0.00526. The third-order valence-electron chi connectivity index (χ3n) is 3.66. The Balaban J connectivity index is 2.05. The maximum Gasteiger partial charge on any atom is 0.253 e. The Morgan fingerprint density at radius 3 is 2.60 bits per heavy atom. The molecule has 1 aliphatic carbocycles. The third kappa shape index (κ3) is 3.57. The summed E-state index contributed by atoms with van der Waals surface area (Å²) in [4.78, 5) is 12.1. The summed E-state index contributed by atoms with van der Waals surface area (Å²) in [6.45, 7) is 0.217. The van der Waals surface area contributed by atoms with Crippen LogP contribution in [0, 0.1) is 0 Å². The molecule has 4 N–H and O–H groups in total. The molecular formula is C14H18Cl2N2O2. The molecule has 110 valence electrons. The van der Waals surface area contributed by atoms with Crippen LogP contribution in [0.4, 0.5) is 5.69 Å². The van der Waals surface area contributed by atoms with Gasteiger partial charge in [0.2, 0.25) is 0 Å². The quantitative estimate of drug-likeness (QED) is 0.750. The molecule has 4 nitrogen and oxygen atoms in total. The van der Waals surface area contributed by atoms with Crippen molar-refractivity contribution < 1.29 is 9.90 Å². The number of rotatable bonds is 3. The zero-order chi connectivity index (χ0) is 14.8. The summed E-state index contributed by atoms with van der Waals surface area (Å²) >= 11 is 11.9. The van der Waals surface area contributed by atoms with E-state index in [4.69, 9.17) is 28.9 Å². The Kier molecular flexibility index (Phi) is 4.78. The summed E-state index contributed by atoms with van der Waals surface area (Å²) in [7, 11) is 0. The molecule has 1 aliphatic rings. The molecule has 0 bridgehead atoms. The van der Waals surface area contributed by atoms with Gasteiger partial charge in [-0.25, -0.2) is 0 Å². The largest absolute Gasteiger partial charge is 0.399 e. The van der Waals surface area contributed by atoms with Crippen LogP contribution in [-0.2, 0) is 0 Å². The molecule has 1 saturated carbocycles. The number of hydrogen-bond donors (Lipinski definition) is 3. The lowest BCUT2D eigenvalue weighted by Crippen LogP contribution is -2.44. The Bertz CT molecular complexity index is 514. The predicted molar refractivity (Wildman–Crippen MR) is 81.2 cm³/mol. The van der Waals surface area contributed by atoms with E-state index >= 15 is 0 Å². The second-order valence-electron chi connectivity index (χ2n) is 5.33. The first kappa shape index (κ1) is 15.4.